The number of carbonyl (C=O) groups excluding carboxylic acids is 1. The molecule has 192 valence electrons. The van der Waals surface area contributed by atoms with Gasteiger partial charge in [0, 0.05) is 39.1 Å². The number of rotatable bonds is 8. The molecule has 37 heavy (non-hydrogen) atoms. The van der Waals surface area contributed by atoms with Crippen molar-refractivity contribution < 1.29 is 9.53 Å². The molecule has 6 heteroatoms. The Morgan fingerprint density at radius 2 is 1.57 bits per heavy atom. The minimum Gasteiger partial charge on any atom is -0.494 e. The van der Waals surface area contributed by atoms with Gasteiger partial charge in [-0.1, -0.05) is 72.3 Å². The van der Waals surface area contributed by atoms with Crippen LogP contribution in [0.5, 0.6) is 5.75 Å². The highest BCUT2D eigenvalue weighted by atomic mass is 16.5. The number of hydrogen-bond acceptors (Lipinski definition) is 5. The van der Waals surface area contributed by atoms with Crippen molar-refractivity contribution in [2.45, 2.75) is 32.9 Å². The number of carbonyl (C=O) groups is 1. The van der Waals surface area contributed by atoms with Gasteiger partial charge in [-0.15, -0.1) is 0 Å². The molecule has 2 heterocycles. The van der Waals surface area contributed by atoms with E-state index in [4.69, 9.17) is 9.84 Å². The first-order chi connectivity index (χ1) is 18.1. The molecule has 6 nitrogen and oxygen atoms in total. The Balaban J connectivity index is 1.27. The first-order valence-corrected chi connectivity index (χ1v) is 13.3. The van der Waals surface area contributed by atoms with Crippen LogP contribution in [0, 0.1) is 6.92 Å². The topological polar surface area (TPSA) is 48.4 Å². The summed E-state index contributed by atoms with van der Waals surface area (Å²) in [4.78, 5) is 18.3. The Labute approximate surface area is 220 Å². The van der Waals surface area contributed by atoms with E-state index in [0.29, 0.717) is 19.6 Å². The van der Waals surface area contributed by atoms with Gasteiger partial charge < -0.3 is 4.74 Å². The number of ether oxygens (including phenoxy) is 1. The largest absolute Gasteiger partial charge is 0.494 e. The minimum atomic E-state index is -0.112. The third kappa shape index (κ3) is 6.27. The van der Waals surface area contributed by atoms with E-state index >= 15 is 0 Å². The van der Waals surface area contributed by atoms with Gasteiger partial charge >= 0.3 is 0 Å². The molecule has 2 aliphatic heterocycles. The van der Waals surface area contributed by atoms with E-state index < -0.39 is 0 Å². The van der Waals surface area contributed by atoms with E-state index in [1.54, 1.807) is 5.01 Å². The lowest BCUT2D eigenvalue weighted by atomic mass is 9.98. The van der Waals surface area contributed by atoms with Crippen molar-refractivity contribution in [3.05, 3.63) is 101 Å². The predicted octanol–water partition coefficient (Wildman–Crippen LogP) is 4.89. The van der Waals surface area contributed by atoms with Gasteiger partial charge in [-0.05, 0) is 42.7 Å². The third-order valence-electron chi connectivity index (χ3n) is 7.20. The summed E-state index contributed by atoms with van der Waals surface area (Å²) >= 11 is 0. The Hall–Kier alpha value is -3.48. The zero-order valence-electron chi connectivity index (χ0n) is 21.8. The van der Waals surface area contributed by atoms with Gasteiger partial charge in [0.2, 0.25) is 0 Å². The third-order valence-corrected chi connectivity index (χ3v) is 7.20. The van der Waals surface area contributed by atoms with Crippen molar-refractivity contribution in [3.63, 3.8) is 0 Å². The number of nitrogens with zero attached hydrogens (tertiary/aromatic N) is 4. The Morgan fingerprint density at radius 1 is 0.892 bits per heavy atom. The van der Waals surface area contributed by atoms with Gasteiger partial charge in [0.15, 0.2) is 0 Å². The molecular weight excluding hydrogens is 460 g/mol. The maximum atomic E-state index is 13.6. The van der Waals surface area contributed by atoms with Gasteiger partial charge in [0.05, 0.1) is 24.9 Å². The Morgan fingerprint density at radius 3 is 2.24 bits per heavy atom. The Kier molecular flexibility index (Phi) is 7.97. The molecule has 1 amide bonds. The smallest absolute Gasteiger partial charge is 0.257 e. The standard InChI is InChI=1S/C31H36N4O2/c1-3-37-28-15-13-27(14-16-28)30-21-29(26-11-9-24(2)10-12-26)32-35(30)31(36)23-34-19-17-33(18-20-34)22-25-7-5-4-6-8-25/h4-16,30H,3,17-23H2,1-2H3/t30-/m0/s1. The van der Waals surface area contributed by atoms with Crippen molar-refractivity contribution >= 4 is 11.6 Å². The van der Waals surface area contributed by atoms with Gasteiger partial charge in [-0.2, -0.15) is 5.10 Å². The van der Waals surface area contributed by atoms with Crippen LogP contribution in [0.25, 0.3) is 0 Å². The molecule has 0 radical (unpaired) electrons. The fourth-order valence-electron chi connectivity index (χ4n) is 5.08. The summed E-state index contributed by atoms with van der Waals surface area (Å²) in [5.41, 5.74) is 5.66. The lowest BCUT2D eigenvalue weighted by Gasteiger charge is -2.35. The van der Waals surface area contributed by atoms with Crippen LogP contribution >= 0.6 is 0 Å². The van der Waals surface area contributed by atoms with Crippen LogP contribution in [0.15, 0.2) is 84.0 Å². The first kappa shape index (κ1) is 25.2. The monoisotopic (exact) mass is 496 g/mol. The molecule has 0 unspecified atom stereocenters. The zero-order chi connectivity index (χ0) is 25.6. The number of hydrazone groups is 1. The van der Waals surface area contributed by atoms with Crippen LogP contribution < -0.4 is 4.74 Å². The number of piperazine rings is 1. The molecule has 1 fully saturated rings. The van der Waals surface area contributed by atoms with E-state index in [1.165, 1.54) is 11.1 Å². The molecule has 3 aromatic carbocycles. The van der Waals surface area contributed by atoms with E-state index in [9.17, 15) is 4.79 Å². The number of aryl methyl sites for hydroxylation is 1. The lowest BCUT2D eigenvalue weighted by Crippen LogP contribution is -2.49. The van der Waals surface area contributed by atoms with Crippen LogP contribution in [0.2, 0.25) is 0 Å². The maximum absolute atomic E-state index is 13.6. The summed E-state index contributed by atoms with van der Waals surface area (Å²) in [7, 11) is 0. The number of amides is 1. The summed E-state index contributed by atoms with van der Waals surface area (Å²) in [6.07, 6.45) is 0.702. The molecule has 0 bridgehead atoms. The molecule has 0 aromatic heterocycles. The van der Waals surface area contributed by atoms with E-state index in [1.807, 2.05) is 19.1 Å². The van der Waals surface area contributed by atoms with Gasteiger partial charge in [0.25, 0.3) is 5.91 Å². The average Bonchev–Trinajstić information content (AvgIpc) is 3.37. The summed E-state index contributed by atoms with van der Waals surface area (Å²) in [6, 6.07) is 27.0. The molecule has 3 aromatic rings. The Bertz CT molecular complexity index is 1200. The molecule has 0 spiro atoms. The zero-order valence-corrected chi connectivity index (χ0v) is 21.8. The SMILES string of the molecule is CCOc1ccc([C@@H]2CC(c3ccc(C)cc3)=NN2C(=O)CN2CCN(Cc3ccccc3)CC2)cc1. The molecular formula is C31H36N4O2. The van der Waals surface area contributed by atoms with Crippen LogP contribution in [-0.2, 0) is 11.3 Å². The molecule has 0 saturated carbocycles. The van der Waals surface area contributed by atoms with Crippen LogP contribution in [0.1, 0.15) is 41.6 Å². The second-order valence-electron chi connectivity index (χ2n) is 9.91. The first-order valence-electron chi connectivity index (χ1n) is 13.3. The van der Waals surface area contributed by atoms with E-state index in [2.05, 4.69) is 83.5 Å². The van der Waals surface area contributed by atoms with E-state index in [-0.39, 0.29) is 11.9 Å². The molecule has 0 N–H and O–H groups in total. The normalized spacial score (nSPS) is 18.6. The quantitative estimate of drug-likeness (QED) is 0.446. The second kappa shape index (κ2) is 11.7. The highest BCUT2D eigenvalue weighted by Gasteiger charge is 2.34. The predicted molar refractivity (Wildman–Crippen MR) is 148 cm³/mol. The van der Waals surface area contributed by atoms with Crippen LogP contribution in [0.4, 0.5) is 0 Å². The van der Waals surface area contributed by atoms with Gasteiger partial charge in [-0.3, -0.25) is 14.6 Å². The summed E-state index contributed by atoms with van der Waals surface area (Å²) < 4.78 is 5.63. The lowest BCUT2D eigenvalue weighted by molar-refractivity contribution is -0.134. The molecule has 0 aliphatic carbocycles. The van der Waals surface area contributed by atoms with Crippen molar-refractivity contribution in [1.82, 2.24) is 14.8 Å². The summed E-state index contributed by atoms with van der Waals surface area (Å²) in [5, 5.41) is 6.60. The summed E-state index contributed by atoms with van der Waals surface area (Å²) in [5.74, 6) is 0.896. The highest BCUT2D eigenvalue weighted by Crippen LogP contribution is 2.34. The minimum absolute atomic E-state index is 0.0532. The second-order valence-corrected chi connectivity index (χ2v) is 9.91. The van der Waals surface area contributed by atoms with Crippen LogP contribution in [0.3, 0.4) is 0 Å². The van der Waals surface area contributed by atoms with Gasteiger partial charge in [-0.25, -0.2) is 5.01 Å². The van der Waals surface area contributed by atoms with Crippen molar-refractivity contribution in [2.24, 2.45) is 5.10 Å². The average molecular weight is 497 g/mol. The van der Waals surface area contributed by atoms with Crippen molar-refractivity contribution in [1.29, 1.82) is 0 Å². The van der Waals surface area contributed by atoms with Gasteiger partial charge in [0.1, 0.15) is 5.75 Å². The van der Waals surface area contributed by atoms with Crippen molar-refractivity contribution in [3.8, 4) is 5.75 Å². The highest BCUT2D eigenvalue weighted by molar-refractivity contribution is 6.03. The van der Waals surface area contributed by atoms with Crippen molar-refractivity contribution in [2.75, 3.05) is 39.3 Å². The molecule has 5 rings (SSSR count). The van der Waals surface area contributed by atoms with Crippen LogP contribution in [-0.4, -0.2) is 65.8 Å². The maximum Gasteiger partial charge on any atom is 0.257 e. The summed E-state index contributed by atoms with van der Waals surface area (Å²) in [6.45, 7) is 9.73. The fourth-order valence-corrected chi connectivity index (χ4v) is 5.08. The molecule has 1 atom stereocenters. The van der Waals surface area contributed by atoms with E-state index in [0.717, 1.165) is 55.3 Å². The number of benzene rings is 3. The fraction of sp³-hybridized carbons (Fsp3) is 0.355. The number of hydrogen-bond donors (Lipinski definition) is 0. The molecule has 1 saturated heterocycles. The molecule has 2 aliphatic rings.